The molecule has 1 heterocycles. The second-order valence-corrected chi connectivity index (χ2v) is 3.90. The molecule has 1 rings (SSSR count). The summed E-state index contributed by atoms with van der Waals surface area (Å²) in [6.07, 6.45) is 1.90. The van der Waals surface area contributed by atoms with Gasteiger partial charge in [0.2, 0.25) is 5.91 Å². The Balaban J connectivity index is 2.03. The number of likely N-dealkylation sites (tertiary alicyclic amines) is 1. The fraction of sp³-hybridized carbons (Fsp3) is 0.900. The number of amides is 1. The molecule has 1 saturated heterocycles. The number of carbonyl (C=O) groups excluding carboxylic acids is 1. The molecule has 0 saturated carbocycles. The fourth-order valence-electron chi connectivity index (χ4n) is 1.71. The zero-order valence-electron chi connectivity index (χ0n) is 8.68. The van der Waals surface area contributed by atoms with Crippen LogP contribution in [0.5, 0.6) is 0 Å². The summed E-state index contributed by atoms with van der Waals surface area (Å²) in [4.78, 5) is 13.3. The lowest BCUT2D eigenvalue weighted by Crippen LogP contribution is -2.33. The molecule has 0 aliphatic carbocycles. The van der Waals surface area contributed by atoms with Crippen LogP contribution in [0.4, 0.5) is 0 Å². The minimum Gasteiger partial charge on any atom is -0.355 e. The first-order valence-electron chi connectivity index (χ1n) is 5.21. The van der Waals surface area contributed by atoms with E-state index in [0.717, 1.165) is 19.0 Å². The van der Waals surface area contributed by atoms with Gasteiger partial charge in [0.15, 0.2) is 0 Å². The Bertz CT molecular complexity index is 170. The zero-order valence-corrected chi connectivity index (χ0v) is 8.68. The normalized spacial score (nSPS) is 23.4. The van der Waals surface area contributed by atoms with Crippen molar-refractivity contribution in [2.45, 2.75) is 26.7 Å². The van der Waals surface area contributed by atoms with Crippen molar-refractivity contribution in [1.29, 1.82) is 0 Å². The topological polar surface area (TPSA) is 32.3 Å². The van der Waals surface area contributed by atoms with Crippen molar-refractivity contribution in [2.24, 2.45) is 5.92 Å². The van der Waals surface area contributed by atoms with Gasteiger partial charge in [-0.25, -0.2) is 0 Å². The molecule has 1 fully saturated rings. The predicted molar refractivity (Wildman–Crippen MR) is 53.5 cm³/mol. The molecule has 0 aromatic carbocycles. The summed E-state index contributed by atoms with van der Waals surface area (Å²) >= 11 is 0. The van der Waals surface area contributed by atoms with Crippen LogP contribution in [0, 0.1) is 5.92 Å². The average molecular weight is 184 g/mol. The summed E-state index contributed by atoms with van der Waals surface area (Å²) in [5.41, 5.74) is 0. The molecule has 0 radical (unpaired) electrons. The van der Waals surface area contributed by atoms with Crippen molar-refractivity contribution in [3.05, 3.63) is 0 Å². The molecular formula is C10H20N2O. The number of hydrogen-bond donors (Lipinski definition) is 1. The second kappa shape index (κ2) is 5.22. The van der Waals surface area contributed by atoms with E-state index in [0.29, 0.717) is 6.42 Å². The maximum atomic E-state index is 10.9. The molecule has 1 atom stereocenters. The highest BCUT2D eigenvalue weighted by Crippen LogP contribution is 2.13. The smallest absolute Gasteiger partial charge is 0.219 e. The maximum absolute atomic E-state index is 10.9. The Labute approximate surface area is 80.5 Å². The van der Waals surface area contributed by atoms with Crippen molar-refractivity contribution in [3.8, 4) is 0 Å². The first kappa shape index (κ1) is 10.5. The molecule has 0 spiro atoms. The van der Waals surface area contributed by atoms with Gasteiger partial charge < -0.3 is 10.2 Å². The highest BCUT2D eigenvalue weighted by Gasteiger charge is 2.17. The van der Waals surface area contributed by atoms with Crippen molar-refractivity contribution in [2.75, 3.05) is 26.2 Å². The standard InChI is InChI=1S/C10H20N2O/c1-3-10(13)11-5-7-12-6-4-9(2)8-12/h9H,3-8H2,1-2H3,(H,11,13)/t9-/m0/s1. The minimum atomic E-state index is 0.159. The molecule has 0 aromatic heterocycles. The number of nitrogens with one attached hydrogen (secondary N) is 1. The third kappa shape index (κ3) is 3.77. The van der Waals surface area contributed by atoms with Crippen LogP contribution < -0.4 is 5.32 Å². The molecule has 13 heavy (non-hydrogen) atoms. The molecule has 0 bridgehead atoms. The molecule has 3 heteroatoms. The van der Waals surface area contributed by atoms with Gasteiger partial charge in [0, 0.05) is 26.1 Å². The highest BCUT2D eigenvalue weighted by molar-refractivity contribution is 5.75. The third-order valence-corrected chi connectivity index (χ3v) is 2.58. The Morgan fingerprint density at radius 3 is 2.92 bits per heavy atom. The van der Waals surface area contributed by atoms with E-state index in [2.05, 4.69) is 17.1 Å². The van der Waals surface area contributed by atoms with E-state index in [1.165, 1.54) is 19.5 Å². The quantitative estimate of drug-likeness (QED) is 0.702. The largest absolute Gasteiger partial charge is 0.355 e. The van der Waals surface area contributed by atoms with E-state index in [1.807, 2.05) is 6.92 Å². The zero-order chi connectivity index (χ0) is 9.68. The molecular weight excluding hydrogens is 164 g/mol. The van der Waals surface area contributed by atoms with Gasteiger partial charge in [-0.3, -0.25) is 4.79 Å². The molecule has 1 N–H and O–H groups in total. The lowest BCUT2D eigenvalue weighted by atomic mass is 10.2. The van der Waals surface area contributed by atoms with Crippen LogP contribution in [0.15, 0.2) is 0 Å². The Kier molecular flexibility index (Phi) is 4.22. The first-order valence-corrected chi connectivity index (χ1v) is 5.21. The second-order valence-electron chi connectivity index (χ2n) is 3.90. The van der Waals surface area contributed by atoms with E-state index in [4.69, 9.17) is 0 Å². The van der Waals surface area contributed by atoms with Crippen molar-refractivity contribution < 1.29 is 4.79 Å². The van der Waals surface area contributed by atoms with Crippen LogP contribution in [-0.2, 0) is 4.79 Å². The van der Waals surface area contributed by atoms with Gasteiger partial charge in [0.25, 0.3) is 0 Å². The minimum absolute atomic E-state index is 0.159. The summed E-state index contributed by atoms with van der Waals surface area (Å²) in [7, 11) is 0. The molecule has 0 unspecified atom stereocenters. The van der Waals surface area contributed by atoms with E-state index < -0.39 is 0 Å². The van der Waals surface area contributed by atoms with E-state index in [-0.39, 0.29) is 5.91 Å². The lowest BCUT2D eigenvalue weighted by Gasteiger charge is -2.14. The molecule has 1 aliphatic heterocycles. The van der Waals surface area contributed by atoms with Gasteiger partial charge in [-0.05, 0) is 18.9 Å². The van der Waals surface area contributed by atoms with Gasteiger partial charge in [0.1, 0.15) is 0 Å². The third-order valence-electron chi connectivity index (χ3n) is 2.58. The van der Waals surface area contributed by atoms with Gasteiger partial charge in [-0.1, -0.05) is 13.8 Å². The van der Waals surface area contributed by atoms with Gasteiger partial charge in [0.05, 0.1) is 0 Å². The van der Waals surface area contributed by atoms with Gasteiger partial charge >= 0.3 is 0 Å². The van der Waals surface area contributed by atoms with Crippen LogP contribution in [0.2, 0.25) is 0 Å². The molecule has 1 aliphatic rings. The van der Waals surface area contributed by atoms with Crippen LogP contribution in [-0.4, -0.2) is 37.0 Å². The SMILES string of the molecule is CCC(=O)NCCN1CC[C@H](C)C1. The van der Waals surface area contributed by atoms with E-state index >= 15 is 0 Å². The van der Waals surface area contributed by atoms with Crippen LogP contribution in [0.25, 0.3) is 0 Å². The highest BCUT2D eigenvalue weighted by atomic mass is 16.1. The first-order chi connectivity index (χ1) is 6.22. The molecule has 1 amide bonds. The van der Waals surface area contributed by atoms with Crippen molar-refractivity contribution >= 4 is 5.91 Å². The maximum Gasteiger partial charge on any atom is 0.219 e. The lowest BCUT2D eigenvalue weighted by molar-refractivity contribution is -0.120. The van der Waals surface area contributed by atoms with Crippen LogP contribution in [0.1, 0.15) is 26.7 Å². The van der Waals surface area contributed by atoms with E-state index in [1.54, 1.807) is 0 Å². The van der Waals surface area contributed by atoms with Gasteiger partial charge in [-0.2, -0.15) is 0 Å². The number of rotatable bonds is 4. The van der Waals surface area contributed by atoms with Crippen molar-refractivity contribution in [3.63, 3.8) is 0 Å². The summed E-state index contributed by atoms with van der Waals surface area (Å²) in [5, 5.41) is 2.89. The number of hydrogen-bond acceptors (Lipinski definition) is 2. The monoisotopic (exact) mass is 184 g/mol. The average Bonchev–Trinajstić information content (AvgIpc) is 2.51. The molecule has 0 aromatic rings. The Morgan fingerprint density at radius 1 is 1.62 bits per heavy atom. The number of nitrogens with zero attached hydrogens (tertiary/aromatic N) is 1. The van der Waals surface area contributed by atoms with E-state index in [9.17, 15) is 4.79 Å². The molecule has 3 nitrogen and oxygen atoms in total. The van der Waals surface area contributed by atoms with Crippen molar-refractivity contribution in [1.82, 2.24) is 10.2 Å². The van der Waals surface area contributed by atoms with Crippen LogP contribution in [0.3, 0.4) is 0 Å². The van der Waals surface area contributed by atoms with Gasteiger partial charge in [-0.15, -0.1) is 0 Å². The fourth-order valence-corrected chi connectivity index (χ4v) is 1.71. The summed E-state index contributed by atoms with van der Waals surface area (Å²) < 4.78 is 0. The Morgan fingerprint density at radius 2 is 2.38 bits per heavy atom. The predicted octanol–water partition coefficient (Wildman–Crippen LogP) is 0.854. The summed E-state index contributed by atoms with van der Waals surface area (Å²) in [5.74, 6) is 0.995. The summed E-state index contributed by atoms with van der Waals surface area (Å²) in [6, 6.07) is 0. The summed E-state index contributed by atoms with van der Waals surface area (Å²) in [6.45, 7) is 8.37. The van der Waals surface area contributed by atoms with Crippen LogP contribution >= 0.6 is 0 Å². The molecule has 76 valence electrons. The number of carbonyl (C=O) groups is 1. The Hall–Kier alpha value is -0.570.